The molecular formula is C22H29NO5Si. The van der Waals surface area contributed by atoms with Crippen LogP contribution in [0.25, 0.3) is 0 Å². The van der Waals surface area contributed by atoms with Crippen LogP contribution < -0.4 is 5.32 Å². The van der Waals surface area contributed by atoms with Gasteiger partial charge in [0, 0.05) is 5.92 Å². The molecule has 1 heterocycles. The van der Waals surface area contributed by atoms with E-state index in [1.54, 1.807) is 6.92 Å². The summed E-state index contributed by atoms with van der Waals surface area (Å²) in [6.45, 7) is 8.19. The minimum absolute atomic E-state index is 0.154. The summed E-state index contributed by atoms with van der Waals surface area (Å²) < 4.78 is 12.3. The second-order valence-corrected chi connectivity index (χ2v) is 13.8. The summed E-state index contributed by atoms with van der Waals surface area (Å²) in [6.07, 6.45) is 3.19. The Hall–Kier alpha value is -1.99. The second-order valence-electron chi connectivity index (χ2n) is 9.33. The van der Waals surface area contributed by atoms with Crippen molar-refractivity contribution in [1.82, 2.24) is 5.32 Å². The lowest BCUT2D eigenvalue weighted by Gasteiger charge is -2.72. The van der Waals surface area contributed by atoms with Gasteiger partial charge in [0.25, 0.3) is 5.91 Å². The maximum Gasteiger partial charge on any atom is 0.323 e. The number of rotatable bonds is 5. The summed E-state index contributed by atoms with van der Waals surface area (Å²) in [7, 11) is -2.09. The van der Waals surface area contributed by atoms with E-state index in [-0.39, 0.29) is 12.5 Å². The lowest BCUT2D eigenvalue weighted by molar-refractivity contribution is -0.268. The quantitative estimate of drug-likeness (QED) is 0.346. The minimum Gasteiger partial charge on any atom is -0.465 e. The molecule has 1 aromatic rings. The van der Waals surface area contributed by atoms with E-state index in [2.05, 4.69) is 25.0 Å². The van der Waals surface area contributed by atoms with E-state index in [0.717, 1.165) is 18.4 Å². The number of Topliss-reactive ketones (excluding diaryl/α,β-unsaturated/α-hetero) is 1. The molecule has 1 amide bonds. The number of hydrogen-bond acceptors (Lipinski definition) is 5. The third-order valence-electron chi connectivity index (χ3n) is 6.76. The number of fused-ring (bicyclic) bond motifs is 4. The van der Waals surface area contributed by atoms with Crippen LogP contribution in [0.4, 0.5) is 0 Å². The zero-order chi connectivity index (χ0) is 21.1. The molecular weight excluding hydrogens is 386 g/mol. The number of amides is 1. The average molecular weight is 416 g/mol. The van der Waals surface area contributed by atoms with Gasteiger partial charge in [0.2, 0.25) is 5.78 Å². The van der Waals surface area contributed by atoms with E-state index in [1.807, 2.05) is 30.3 Å². The van der Waals surface area contributed by atoms with Gasteiger partial charge in [-0.25, -0.2) is 0 Å². The van der Waals surface area contributed by atoms with Crippen LogP contribution in [0.15, 0.2) is 30.3 Å². The summed E-state index contributed by atoms with van der Waals surface area (Å²) in [5.41, 5.74) is -2.84. The Kier molecular flexibility index (Phi) is 4.55. The molecule has 156 valence electrons. The number of ketones is 1. The summed E-state index contributed by atoms with van der Waals surface area (Å²) in [4.78, 5) is 39.7. The Morgan fingerprint density at radius 3 is 2.48 bits per heavy atom. The first-order chi connectivity index (χ1) is 13.7. The molecule has 3 aliphatic rings. The van der Waals surface area contributed by atoms with Crippen LogP contribution in [-0.4, -0.2) is 38.2 Å². The molecule has 1 aromatic carbocycles. The van der Waals surface area contributed by atoms with Gasteiger partial charge in [0.1, 0.15) is 5.54 Å². The number of esters is 1. The number of ether oxygens (including phenoxy) is 1. The fourth-order valence-electron chi connectivity index (χ4n) is 6.23. The molecule has 2 saturated carbocycles. The predicted octanol–water partition coefficient (Wildman–Crippen LogP) is 2.92. The van der Waals surface area contributed by atoms with Gasteiger partial charge in [-0.2, -0.15) is 0 Å². The van der Waals surface area contributed by atoms with Gasteiger partial charge >= 0.3 is 5.97 Å². The van der Waals surface area contributed by atoms with Crippen molar-refractivity contribution >= 4 is 26.0 Å². The maximum atomic E-state index is 13.4. The predicted molar refractivity (Wildman–Crippen MR) is 109 cm³/mol. The van der Waals surface area contributed by atoms with Gasteiger partial charge < -0.3 is 14.5 Å². The highest BCUT2D eigenvalue weighted by atomic mass is 28.4. The number of benzene rings is 1. The van der Waals surface area contributed by atoms with Gasteiger partial charge in [0.15, 0.2) is 13.7 Å². The summed E-state index contributed by atoms with van der Waals surface area (Å²) >= 11 is 0. The van der Waals surface area contributed by atoms with E-state index >= 15 is 0 Å². The molecule has 0 aromatic heterocycles. The SMILES string of the molecule is CCOC(=O)[C@@]12C(=O)C(=O)N[C@]1(c1ccccc1)[C@@]1(O[Si](C)(C)C)CCCC[C@H]21. The highest BCUT2D eigenvalue weighted by molar-refractivity contribution is 6.70. The van der Waals surface area contributed by atoms with Crippen LogP contribution in [0.3, 0.4) is 0 Å². The van der Waals surface area contributed by atoms with Crippen LogP contribution >= 0.6 is 0 Å². The minimum atomic E-state index is -2.09. The van der Waals surface area contributed by atoms with E-state index in [4.69, 9.17) is 9.16 Å². The lowest BCUT2D eigenvalue weighted by Crippen LogP contribution is -2.86. The Labute approximate surface area is 172 Å². The van der Waals surface area contributed by atoms with Crippen LogP contribution in [0, 0.1) is 11.3 Å². The second kappa shape index (κ2) is 6.50. The molecule has 1 saturated heterocycles. The molecule has 3 fully saturated rings. The molecule has 0 bridgehead atoms. The van der Waals surface area contributed by atoms with Gasteiger partial charge in [-0.05, 0) is 45.0 Å². The molecule has 2 aliphatic carbocycles. The van der Waals surface area contributed by atoms with Gasteiger partial charge in [-0.1, -0.05) is 43.2 Å². The van der Waals surface area contributed by atoms with Crippen LogP contribution in [0.5, 0.6) is 0 Å². The number of carbonyl (C=O) groups is 3. The first kappa shape index (κ1) is 20.3. The fourth-order valence-corrected chi connectivity index (χ4v) is 7.72. The molecule has 1 N–H and O–H groups in total. The average Bonchev–Trinajstić information content (AvgIpc) is 2.88. The zero-order valence-electron chi connectivity index (χ0n) is 17.5. The van der Waals surface area contributed by atoms with Gasteiger partial charge in [-0.15, -0.1) is 0 Å². The highest BCUT2D eigenvalue weighted by Gasteiger charge is 2.91. The molecule has 4 rings (SSSR count). The summed E-state index contributed by atoms with van der Waals surface area (Å²) in [5.74, 6) is -2.37. The van der Waals surface area contributed by atoms with Crippen molar-refractivity contribution in [1.29, 1.82) is 0 Å². The van der Waals surface area contributed by atoms with Crippen molar-refractivity contribution in [3.05, 3.63) is 35.9 Å². The third-order valence-corrected chi connectivity index (χ3v) is 7.74. The standard InChI is InChI=1S/C22H29NO5Si/c1-5-27-19(26)21-16-13-9-10-14-20(16,28-29(2,3)4)22(21,23-18(25)17(21)24)15-11-7-6-8-12-15/h6-8,11-12,16H,5,9-10,13-14H2,1-4H3,(H,23,25)/t16-,20+,21+,22+/m0/s1. The van der Waals surface area contributed by atoms with E-state index < -0.39 is 42.5 Å². The highest BCUT2D eigenvalue weighted by Crippen LogP contribution is 2.74. The first-order valence-corrected chi connectivity index (χ1v) is 13.9. The lowest BCUT2D eigenvalue weighted by atomic mass is 9.35. The third kappa shape index (κ3) is 2.34. The van der Waals surface area contributed by atoms with Crippen molar-refractivity contribution in [3.8, 4) is 0 Å². The largest absolute Gasteiger partial charge is 0.465 e. The molecule has 29 heavy (non-hydrogen) atoms. The van der Waals surface area contributed by atoms with Crippen molar-refractivity contribution in [3.63, 3.8) is 0 Å². The normalized spacial score (nSPS) is 35.9. The van der Waals surface area contributed by atoms with Crippen molar-refractivity contribution < 1.29 is 23.5 Å². The number of nitrogens with one attached hydrogen (secondary N) is 1. The van der Waals surface area contributed by atoms with Gasteiger partial charge in [-0.3, -0.25) is 14.4 Å². The topological polar surface area (TPSA) is 81.7 Å². The van der Waals surface area contributed by atoms with Crippen molar-refractivity contribution in [2.45, 2.75) is 63.4 Å². The van der Waals surface area contributed by atoms with Gasteiger partial charge in [0.05, 0.1) is 12.2 Å². The summed E-state index contributed by atoms with van der Waals surface area (Å²) in [5, 5.41) is 2.98. The smallest absolute Gasteiger partial charge is 0.323 e. The van der Waals surface area contributed by atoms with Crippen molar-refractivity contribution in [2.24, 2.45) is 11.3 Å². The van der Waals surface area contributed by atoms with Crippen LogP contribution in [0.1, 0.15) is 38.2 Å². The summed E-state index contributed by atoms with van der Waals surface area (Å²) in [6, 6.07) is 9.38. The fraction of sp³-hybridized carbons (Fsp3) is 0.591. The Morgan fingerprint density at radius 2 is 1.86 bits per heavy atom. The number of carbonyl (C=O) groups excluding carboxylic acids is 3. The molecule has 0 spiro atoms. The van der Waals surface area contributed by atoms with E-state index in [1.165, 1.54) is 0 Å². The van der Waals surface area contributed by atoms with Crippen LogP contribution in [-0.2, 0) is 29.1 Å². The molecule has 0 unspecified atom stereocenters. The maximum absolute atomic E-state index is 13.4. The van der Waals surface area contributed by atoms with E-state index in [0.29, 0.717) is 12.8 Å². The molecule has 1 aliphatic heterocycles. The monoisotopic (exact) mass is 415 g/mol. The first-order valence-electron chi connectivity index (χ1n) is 10.5. The molecule has 0 radical (unpaired) electrons. The Balaban J connectivity index is 2.03. The van der Waals surface area contributed by atoms with Crippen molar-refractivity contribution in [2.75, 3.05) is 6.61 Å². The Morgan fingerprint density at radius 1 is 1.17 bits per heavy atom. The Bertz CT molecular complexity index is 866. The molecule has 4 atom stereocenters. The van der Waals surface area contributed by atoms with E-state index in [9.17, 15) is 14.4 Å². The molecule has 6 nitrogen and oxygen atoms in total. The van der Waals surface area contributed by atoms with Crippen LogP contribution in [0.2, 0.25) is 19.6 Å². The molecule has 7 heteroatoms. The number of hydrogen-bond donors (Lipinski definition) is 1. The zero-order valence-corrected chi connectivity index (χ0v) is 18.5.